The van der Waals surface area contributed by atoms with Crippen molar-refractivity contribution in [2.75, 3.05) is 26.1 Å². The molecule has 2 aromatic carbocycles. The Morgan fingerprint density at radius 2 is 1.77 bits per heavy atom. The summed E-state index contributed by atoms with van der Waals surface area (Å²) in [7, 11) is 3.17. The summed E-state index contributed by atoms with van der Waals surface area (Å²) in [6, 6.07) is 14.3. The minimum atomic E-state index is -1.09. The number of methoxy groups -OCH3 is 2. The van der Waals surface area contributed by atoms with Crippen LogP contribution in [0, 0.1) is 0 Å². The van der Waals surface area contributed by atoms with Gasteiger partial charge in [0.2, 0.25) is 0 Å². The molecule has 0 saturated heterocycles. The summed E-state index contributed by atoms with van der Waals surface area (Å²) in [6.45, 7) is 0.372. The Morgan fingerprint density at radius 1 is 1.03 bits per heavy atom. The molecule has 0 aliphatic heterocycles. The maximum absolute atomic E-state index is 12.5. The molecule has 1 heterocycles. The molecular weight excluding hydrogens is 404 g/mol. The fourth-order valence-electron chi connectivity index (χ4n) is 3.00. The van der Waals surface area contributed by atoms with Crippen LogP contribution in [0.25, 0.3) is 11.1 Å². The Hall–Kier alpha value is -3.52. The molecule has 7 nitrogen and oxygen atoms in total. The largest absolute Gasteiger partial charge is 0.497 e. The first-order chi connectivity index (χ1) is 14.5. The van der Waals surface area contributed by atoms with Crippen LogP contribution in [0.2, 0.25) is 0 Å². The highest BCUT2D eigenvalue weighted by Gasteiger charge is 2.20. The average molecular weight is 426 g/mol. The molecule has 30 heavy (non-hydrogen) atoms. The summed E-state index contributed by atoms with van der Waals surface area (Å²) in [5, 5.41) is 16.7. The van der Waals surface area contributed by atoms with Crippen LogP contribution in [0.5, 0.6) is 11.5 Å². The fraction of sp³-hybridized carbons (Fsp3) is 0.182. The van der Waals surface area contributed by atoms with Gasteiger partial charge in [-0.2, -0.15) is 0 Å². The lowest BCUT2D eigenvalue weighted by molar-refractivity contribution is 0.0703. The molecule has 0 spiro atoms. The lowest BCUT2D eigenvalue weighted by Gasteiger charge is -2.12. The Bertz CT molecular complexity index is 1030. The van der Waals surface area contributed by atoms with E-state index in [0.717, 1.165) is 28.2 Å². The van der Waals surface area contributed by atoms with Crippen molar-refractivity contribution in [3.8, 4) is 22.6 Å². The highest BCUT2D eigenvalue weighted by atomic mass is 32.1. The van der Waals surface area contributed by atoms with Crippen molar-refractivity contribution in [2.45, 2.75) is 6.42 Å². The predicted octanol–water partition coefficient (Wildman–Crippen LogP) is 4.49. The summed E-state index contributed by atoms with van der Waals surface area (Å²) >= 11 is 1.07. The summed E-state index contributed by atoms with van der Waals surface area (Å²) < 4.78 is 10.5. The number of carbonyl (C=O) groups excluding carboxylic acids is 1. The van der Waals surface area contributed by atoms with Crippen LogP contribution in [-0.4, -0.2) is 37.9 Å². The lowest BCUT2D eigenvalue weighted by Crippen LogP contribution is -2.31. The molecule has 156 valence electrons. The third-order valence-electron chi connectivity index (χ3n) is 4.50. The first kappa shape index (κ1) is 21.2. The van der Waals surface area contributed by atoms with Gasteiger partial charge in [0.1, 0.15) is 16.4 Å². The molecule has 0 atom stereocenters. The zero-order chi connectivity index (χ0) is 21.5. The number of carboxylic acids is 1. The molecule has 0 radical (unpaired) electrons. The van der Waals surface area contributed by atoms with Gasteiger partial charge in [-0.1, -0.05) is 30.3 Å². The molecule has 0 saturated carbocycles. The molecule has 3 aromatic rings. The maximum Gasteiger partial charge on any atom is 0.348 e. The average Bonchev–Trinajstić information content (AvgIpc) is 3.17. The topological polar surface area (TPSA) is 96.9 Å². The van der Waals surface area contributed by atoms with Gasteiger partial charge in [-0.15, -0.1) is 11.3 Å². The number of rotatable bonds is 8. The number of anilines is 1. The first-order valence-corrected chi connectivity index (χ1v) is 10.1. The van der Waals surface area contributed by atoms with Crippen molar-refractivity contribution in [1.82, 2.24) is 5.32 Å². The van der Waals surface area contributed by atoms with E-state index in [9.17, 15) is 14.7 Å². The minimum Gasteiger partial charge on any atom is -0.497 e. The van der Waals surface area contributed by atoms with Gasteiger partial charge in [0, 0.05) is 17.5 Å². The summed E-state index contributed by atoms with van der Waals surface area (Å²) in [5.74, 6) is 0.354. The van der Waals surface area contributed by atoms with Crippen LogP contribution in [-0.2, 0) is 6.42 Å². The molecule has 3 rings (SSSR count). The van der Waals surface area contributed by atoms with Gasteiger partial charge in [-0.25, -0.2) is 9.59 Å². The van der Waals surface area contributed by atoms with Crippen LogP contribution in [0.15, 0.2) is 53.9 Å². The Labute approximate surface area is 178 Å². The number of thiophene rings is 1. The fourth-order valence-corrected chi connectivity index (χ4v) is 3.87. The number of para-hydroxylation sites is 1. The Kier molecular flexibility index (Phi) is 6.92. The smallest absolute Gasteiger partial charge is 0.348 e. The Balaban J connectivity index is 1.72. The van der Waals surface area contributed by atoms with Gasteiger partial charge in [-0.3, -0.25) is 0 Å². The number of carbonyl (C=O) groups is 2. The van der Waals surface area contributed by atoms with Crippen molar-refractivity contribution in [2.24, 2.45) is 0 Å². The number of ether oxygens (including phenoxy) is 2. The van der Waals surface area contributed by atoms with Crippen molar-refractivity contribution < 1.29 is 24.2 Å². The third kappa shape index (κ3) is 4.90. The molecule has 0 fully saturated rings. The quantitative estimate of drug-likeness (QED) is 0.493. The number of urea groups is 1. The second-order valence-corrected chi connectivity index (χ2v) is 7.21. The molecule has 8 heteroatoms. The second kappa shape index (κ2) is 9.80. The van der Waals surface area contributed by atoms with E-state index in [1.54, 1.807) is 31.7 Å². The number of carboxylic acid groups (broad SMARTS) is 1. The Morgan fingerprint density at radius 3 is 2.43 bits per heavy atom. The van der Waals surface area contributed by atoms with Crippen molar-refractivity contribution in [3.05, 3.63) is 64.4 Å². The standard InChI is InChI=1S/C22H22N2O5S/c1-28-16-9-7-14(8-10-16)17-13-30-20(21(25)26)19(17)24-22(27)23-12-11-15-5-3-4-6-18(15)29-2/h3-10,13H,11-12H2,1-2H3,(H,25,26)(H2,23,24,27). The minimum absolute atomic E-state index is 0.0701. The predicted molar refractivity (Wildman–Crippen MR) is 117 cm³/mol. The van der Waals surface area contributed by atoms with Gasteiger partial charge in [-0.05, 0) is 35.7 Å². The third-order valence-corrected chi connectivity index (χ3v) is 5.47. The van der Waals surface area contributed by atoms with Crippen molar-refractivity contribution in [3.63, 3.8) is 0 Å². The molecule has 1 aromatic heterocycles. The molecule has 0 unspecified atom stereocenters. The molecule has 3 N–H and O–H groups in total. The SMILES string of the molecule is COc1ccc(-c2csc(C(=O)O)c2NC(=O)NCCc2ccccc2OC)cc1. The molecule has 2 amide bonds. The molecule has 0 bridgehead atoms. The zero-order valence-electron chi connectivity index (χ0n) is 16.6. The van der Waals surface area contributed by atoms with E-state index in [1.165, 1.54) is 0 Å². The van der Waals surface area contributed by atoms with Crippen LogP contribution in [0.3, 0.4) is 0 Å². The van der Waals surface area contributed by atoms with E-state index >= 15 is 0 Å². The first-order valence-electron chi connectivity index (χ1n) is 9.19. The van der Waals surface area contributed by atoms with E-state index in [0.29, 0.717) is 24.3 Å². The number of aromatic carboxylic acids is 1. The van der Waals surface area contributed by atoms with Gasteiger partial charge in [0.05, 0.1) is 19.9 Å². The van der Waals surface area contributed by atoms with E-state index in [4.69, 9.17) is 9.47 Å². The zero-order valence-corrected chi connectivity index (χ0v) is 17.4. The van der Waals surface area contributed by atoms with Crippen LogP contribution in [0.1, 0.15) is 15.2 Å². The summed E-state index contributed by atoms with van der Waals surface area (Å²) in [6.07, 6.45) is 0.582. The number of amides is 2. The van der Waals surface area contributed by atoms with Gasteiger partial charge in [0.15, 0.2) is 0 Å². The van der Waals surface area contributed by atoms with Crippen LogP contribution >= 0.6 is 11.3 Å². The van der Waals surface area contributed by atoms with Gasteiger partial charge < -0.3 is 25.2 Å². The van der Waals surface area contributed by atoms with Gasteiger partial charge >= 0.3 is 12.0 Å². The highest BCUT2D eigenvalue weighted by Crippen LogP contribution is 2.37. The van der Waals surface area contributed by atoms with E-state index in [1.807, 2.05) is 36.4 Å². The van der Waals surface area contributed by atoms with Gasteiger partial charge in [0.25, 0.3) is 0 Å². The number of hydrogen-bond donors (Lipinski definition) is 3. The summed E-state index contributed by atoms with van der Waals surface area (Å²) in [5.41, 5.74) is 2.66. The number of hydrogen-bond acceptors (Lipinski definition) is 5. The maximum atomic E-state index is 12.5. The lowest BCUT2D eigenvalue weighted by atomic mass is 10.1. The molecule has 0 aliphatic carbocycles. The highest BCUT2D eigenvalue weighted by molar-refractivity contribution is 7.13. The monoisotopic (exact) mass is 426 g/mol. The normalized spacial score (nSPS) is 10.3. The van der Waals surface area contributed by atoms with E-state index in [2.05, 4.69) is 10.6 Å². The van der Waals surface area contributed by atoms with E-state index in [-0.39, 0.29) is 10.6 Å². The summed E-state index contributed by atoms with van der Waals surface area (Å²) in [4.78, 5) is 24.1. The van der Waals surface area contributed by atoms with E-state index < -0.39 is 12.0 Å². The number of benzene rings is 2. The van der Waals surface area contributed by atoms with Crippen LogP contribution in [0.4, 0.5) is 10.5 Å². The van der Waals surface area contributed by atoms with Crippen LogP contribution < -0.4 is 20.1 Å². The van der Waals surface area contributed by atoms with Crippen molar-refractivity contribution in [1.29, 1.82) is 0 Å². The molecular formula is C22H22N2O5S. The second-order valence-electron chi connectivity index (χ2n) is 6.33. The molecule has 0 aliphatic rings. The number of nitrogens with one attached hydrogen (secondary N) is 2. The van der Waals surface area contributed by atoms with Crippen molar-refractivity contribution >= 4 is 29.0 Å².